The number of amides is 1. The van der Waals surface area contributed by atoms with Gasteiger partial charge in [-0.2, -0.15) is 0 Å². The standard InChI is InChI=1S/C25H32N2O4S/c1-5-26(6-2)13-14-27-22(20-8-7-15-32-20)21(24(29)25(27)30)23(28)18-9-11-19(12-10-18)31-16-17(3)4/h7-12,15,17,22,28H,5-6,13-14,16H2,1-4H3/b23-21+/t22-/m1/s1. The normalized spacial score (nSPS) is 18.2. The Bertz CT molecular complexity index is 947. The van der Waals surface area contributed by atoms with Crippen LogP contribution >= 0.6 is 11.3 Å². The largest absolute Gasteiger partial charge is 0.507 e. The van der Waals surface area contributed by atoms with Crippen LogP contribution in [0.3, 0.4) is 0 Å². The summed E-state index contributed by atoms with van der Waals surface area (Å²) >= 11 is 1.48. The van der Waals surface area contributed by atoms with Crippen LogP contribution in [0.4, 0.5) is 0 Å². The lowest BCUT2D eigenvalue weighted by Crippen LogP contribution is -2.37. The molecule has 2 aromatic rings. The van der Waals surface area contributed by atoms with E-state index in [1.165, 1.54) is 11.3 Å². The number of hydrogen-bond acceptors (Lipinski definition) is 6. The van der Waals surface area contributed by atoms with Crippen molar-refractivity contribution in [3.05, 3.63) is 57.8 Å². The molecule has 7 heteroatoms. The first-order valence-corrected chi connectivity index (χ1v) is 12.0. The predicted octanol–water partition coefficient (Wildman–Crippen LogP) is 4.55. The molecule has 1 saturated heterocycles. The van der Waals surface area contributed by atoms with Crippen molar-refractivity contribution in [3.8, 4) is 5.75 Å². The Kier molecular flexibility index (Phi) is 8.10. The first-order chi connectivity index (χ1) is 15.4. The van der Waals surface area contributed by atoms with E-state index in [4.69, 9.17) is 4.74 Å². The number of likely N-dealkylation sites (N-methyl/N-ethyl adjacent to an activating group) is 1. The lowest BCUT2D eigenvalue weighted by Gasteiger charge is -2.27. The highest BCUT2D eigenvalue weighted by atomic mass is 32.1. The summed E-state index contributed by atoms with van der Waals surface area (Å²) in [4.78, 5) is 30.6. The lowest BCUT2D eigenvalue weighted by molar-refractivity contribution is -0.140. The number of likely N-dealkylation sites (tertiary alicyclic amines) is 1. The first kappa shape index (κ1) is 24.0. The Morgan fingerprint density at radius 1 is 1.16 bits per heavy atom. The summed E-state index contributed by atoms with van der Waals surface area (Å²) < 4.78 is 5.71. The average molecular weight is 457 g/mol. The Morgan fingerprint density at radius 2 is 1.84 bits per heavy atom. The Balaban J connectivity index is 1.94. The van der Waals surface area contributed by atoms with Crippen molar-refractivity contribution in [3.63, 3.8) is 0 Å². The number of ether oxygens (including phenoxy) is 1. The number of aliphatic hydroxyl groups excluding tert-OH is 1. The van der Waals surface area contributed by atoms with Gasteiger partial charge in [0.2, 0.25) is 0 Å². The minimum Gasteiger partial charge on any atom is -0.507 e. The second-order valence-corrected chi connectivity index (χ2v) is 9.24. The third kappa shape index (κ3) is 5.22. The molecule has 0 spiro atoms. The molecular formula is C25H32N2O4S. The molecule has 0 aliphatic carbocycles. The second-order valence-electron chi connectivity index (χ2n) is 8.26. The summed E-state index contributed by atoms with van der Waals surface area (Å²) in [5.41, 5.74) is 0.637. The van der Waals surface area contributed by atoms with Crippen LogP contribution in [-0.4, -0.2) is 59.4 Å². The van der Waals surface area contributed by atoms with Crippen LogP contribution in [0, 0.1) is 5.92 Å². The monoisotopic (exact) mass is 456 g/mol. The quantitative estimate of drug-likeness (QED) is 0.323. The van der Waals surface area contributed by atoms with Gasteiger partial charge in [-0.25, -0.2) is 0 Å². The summed E-state index contributed by atoms with van der Waals surface area (Å²) in [6, 6.07) is 10.2. The minimum absolute atomic E-state index is 0.146. The van der Waals surface area contributed by atoms with Crippen molar-refractivity contribution in [2.75, 3.05) is 32.8 Å². The molecule has 6 nitrogen and oxygen atoms in total. The lowest BCUT2D eigenvalue weighted by atomic mass is 10.00. The van der Waals surface area contributed by atoms with Gasteiger partial charge in [-0.3, -0.25) is 9.59 Å². The van der Waals surface area contributed by atoms with Crippen molar-refractivity contribution in [2.24, 2.45) is 5.92 Å². The van der Waals surface area contributed by atoms with E-state index in [9.17, 15) is 14.7 Å². The van der Waals surface area contributed by atoms with Crippen molar-refractivity contribution >= 4 is 28.8 Å². The molecule has 1 aliphatic rings. The van der Waals surface area contributed by atoms with Crippen molar-refractivity contribution in [1.82, 2.24) is 9.80 Å². The van der Waals surface area contributed by atoms with Gasteiger partial charge in [-0.05, 0) is 54.7 Å². The molecule has 172 valence electrons. The molecule has 1 fully saturated rings. The van der Waals surface area contributed by atoms with Crippen LogP contribution in [0.1, 0.15) is 44.2 Å². The fraction of sp³-hybridized carbons (Fsp3) is 0.440. The predicted molar refractivity (Wildman–Crippen MR) is 128 cm³/mol. The Hall–Kier alpha value is -2.64. The molecule has 1 aliphatic heterocycles. The van der Waals surface area contributed by atoms with Gasteiger partial charge >= 0.3 is 0 Å². The van der Waals surface area contributed by atoms with E-state index in [1.54, 1.807) is 29.2 Å². The van der Waals surface area contributed by atoms with E-state index >= 15 is 0 Å². The number of aliphatic hydroxyl groups is 1. The molecule has 0 radical (unpaired) electrons. The van der Waals surface area contributed by atoms with E-state index in [-0.39, 0.29) is 11.3 Å². The second kappa shape index (κ2) is 10.8. The van der Waals surface area contributed by atoms with E-state index in [1.807, 2.05) is 17.5 Å². The van der Waals surface area contributed by atoms with Gasteiger partial charge in [0.05, 0.1) is 18.2 Å². The molecule has 1 aromatic heterocycles. The molecule has 32 heavy (non-hydrogen) atoms. The first-order valence-electron chi connectivity index (χ1n) is 11.1. The third-order valence-corrected chi connectivity index (χ3v) is 6.54. The highest BCUT2D eigenvalue weighted by Crippen LogP contribution is 2.41. The number of ketones is 1. The topological polar surface area (TPSA) is 70.1 Å². The highest BCUT2D eigenvalue weighted by molar-refractivity contribution is 7.10. The van der Waals surface area contributed by atoms with E-state index in [2.05, 4.69) is 32.6 Å². The van der Waals surface area contributed by atoms with Crippen molar-refractivity contribution in [2.45, 2.75) is 33.7 Å². The molecule has 0 saturated carbocycles. The molecule has 1 atom stereocenters. The van der Waals surface area contributed by atoms with Gasteiger partial charge < -0.3 is 19.6 Å². The summed E-state index contributed by atoms with van der Waals surface area (Å²) in [5, 5.41) is 13.0. The molecule has 1 N–H and O–H groups in total. The average Bonchev–Trinajstić information content (AvgIpc) is 3.40. The number of carbonyl (C=O) groups is 2. The maximum absolute atomic E-state index is 13.0. The number of carbonyl (C=O) groups excluding carboxylic acids is 2. The molecule has 1 aromatic carbocycles. The van der Waals surface area contributed by atoms with E-state index in [0.717, 1.165) is 18.0 Å². The molecule has 1 amide bonds. The van der Waals surface area contributed by atoms with E-state index in [0.29, 0.717) is 36.9 Å². The summed E-state index contributed by atoms with van der Waals surface area (Å²) in [5.74, 6) is -0.247. The molecule has 3 rings (SSSR count). The maximum Gasteiger partial charge on any atom is 0.295 e. The van der Waals surface area contributed by atoms with Crippen LogP contribution in [-0.2, 0) is 9.59 Å². The molecular weight excluding hydrogens is 424 g/mol. The maximum atomic E-state index is 13.0. The Morgan fingerprint density at radius 3 is 2.41 bits per heavy atom. The molecule has 0 bridgehead atoms. The van der Waals surface area contributed by atoms with Crippen molar-refractivity contribution in [1.29, 1.82) is 0 Å². The fourth-order valence-corrected chi connectivity index (χ4v) is 4.62. The van der Waals surface area contributed by atoms with Gasteiger partial charge in [-0.15, -0.1) is 11.3 Å². The smallest absolute Gasteiger partial charge is 0.295 e. The SMILES string of the molecule is CCN(CC)CCN1C(=O)C(=O)/C(=C(/O)c2ccc(OCC(C)C)cc2)[C@H]1c1cccs1. The summed E-state index contributed by atoms with van der Waals surface area (Å²) in [7, 11) is 0. The molecule has 2 heterocycles. The van der Waals surface area contributed by atoms with Crippen LogP contribution in [0.25, 0.3) is 5.76 Å². The minimum atomic E-state index is -0.638. The van der Waals surface area contributed by atoms with Crippen LogP contribution in [0.15, 0.2) is 47.4 Å². The number of benzene rings is 1. The fourth-order valence-electron chi connectivity index (χ4n) is 3.77. The Labute approximate surface area is 194 Å². The summed E-state index contributed by atoms with van der Waals surface area (Å²) in [6.07, 6.45) is 0. The van der Waals surface area contributed by atoms with E-state index < -0.39 is 17.7 Å². The van der Waals surface area contributed by atoms with Crippen LogP contribution in [0.5, 0.6) is 5.75 Å². The van der Waals surface area contributed by atoms with Gasteiger partial charge in [0.1, 0.15) is 11.5 Å². The number of rotatable bonds is 10. The van der Waals surface area contributed by atoms with Crippen LogP contribution < -0.4 is 4.74 Å². The van der Waals surface area contributed by atoms with Crippen LogP contribution in [0.2, 0.25) is 0 Å². The number of hydrogen-bond donors (Lipinski definition) is 1. The zero-order chi connectivity index (χ0) is 23.3. The van der Waals surface area contributed by atoms with Gasteiger partial charge in [-0.1, -0.05) is 33.8 Å². The number of Topliss-reactive ketones (excluding diaryl/α,β-unsaturated/α-hetero) is 1. The van der Waals surface area contributed by atoms with Gasteiger partial charge in [0, 0.05) is 23.5 Å². The molecule has 0 unspecified atom stereocenters. The summed E-state index contributed by atoms with van der Waals surface area (Å²) in [6.45, 7) is 11.7. The van der Waals surface area contributed by atoms with Gasteiger partial charge in [0.25, 0.3) is 11.7 Å². The van der Waals surface area contributed by atoms with Gasteiger partial charge in [0.15, 0.2) is 0 Å². The van der Waals surface area contributed by atoms with Crippen molar-refractivity contribution < 1.29 is 19.4 Å². The zero-order valence-electron chi connectivity index (χ0n) is 19.2. The number of thiophene rings is 1. The zero-order valence-corrected chi connectivity index (χ0v) is 20.0. The highest BCUT2D eigenvalue weighted by Gasteiger charge is 2.46. The number of nitrogens with zero attached hydrogens (tertiary/aromatic N) is 2. The third-order valence-electron chi connectivity index (χ3n) is 5.62.